The average molecular weight is 289 g/mol. The van der Waals surface area contributed by atoms with Crippen molar-refractivity contribution in [3.8, 4) is 0 Å². The van der Waals surface area contributed by atoms with Gasteiger partial charge >= 0.3 is 0 Å². The highest BCUT2D eigenvalue weighted by molar-refractivity contribution is 9.09. The first-order valence-electron chi connectivity index (χ1n) is 4.81. The van der Waals surface area contributed by atoms with Gasteiger partial charge in [-0.2, -0.15) is 0 Å². The number of alkyl halides is 2. The van der Waals surface area contributed by atoms with Crippen LogP contribution in [0.4, 0.5) is 5.69 Å². The number of fused-ring (bicyclic) bond motifs is 1. The Balaban J connectivity index is 2.40. The minimum absolute atomic E-state index is 0.243. The van der Waals surface area contributed by atoms with E-state index in [-0.39, 0.29) is 11.4 Å². The van der Waals surface area contributed by atoms with Gasteiger partial charge in [-0.15, -0.1) is 11.6 Å². The van der Waals surface area contributed by atoms with Gasteiger partial charge in [0.15, 0.2) is 0 Å². The minimum atomic E-state index is -0.293. The van der Waals surface area contributed by atoms with Gasteiger partial charge in [-0.05, 0) is 23.6 Å². The maximum atomic E-state index is 10.8. The van der Waals surface area contributed by atoms with Gasteiger partial charge in [0.2, 0.25) is 0 Å². The van der Waals surface area contributed by atoms with E-state index in [9.17, 15) is 4.79 Å². The van der Waals surface area contributed by atoms with Crippen LogP contribution in [0.2, 0.25) is 0 Å². The maximum Gasteiger partial charge on any atom is 0.144 e. The first-order chi connectivity index (χ1) is 7.27. The largest absolute Gasteiger partial charge is 0.374 e. The Morgan fingerprint density at radius 2 is 2.33 bits per heavy atom. The van der Waals surface area contributed by atoms with Crippen molar-refractivity contribution < 1.29 is 4.79 Å². The van der Waals surface area contributed by atoms with Crippen molar-refractivity contribution in [1.82, 2.24) is 0 Å². The molecule has 1 aliphatic heterocycles. The summed E-state index contributed by atoms with van der Waals surface area (Å²) in [7, 11) is 0. The Morgan fingerprint density at radius 1 is 1.53 bits per heavy atom. The first kappa shape index (κ1) is 11.0. The summed E-state index contributed by atoms with van der Waals surface area (Å²) >= 11 is 9.65. The predicted molar refractivity (Wildman–Crippen MR) is 66.0 cm³/mol. The Bertz CT molecular complexity index is 383. The number of aldehydes is 1. The second kappa shape index (κ2) is 4.54. The van der Waals surface area contributed by atoms with Crippen LogP contribution in [0.25, 0.3) is 0 Å². The summed E-state index contributed by atoms with van der Waals surface area (Å²) in [5.41, 5.74) is 3.28. The normalized spacial score (nSPS) is 23.3. The predicted octanol–water partition coefficient (Wildman–Crippen LogP) is 2.90. The van der Waals surface area contributed by atoms with Gasteiger partial charge in [-0.25, -0.2) is 0 Å². The number of anilines is 1. The molecule has 0 fully saturated rings. The molecule has 2 atom stereocenters. The summed E-state index contributed by atoms with van der Waals surface area (Å²) in [6.07, 6.45) is 1.80. The molecular weight excluding hydrogens is 277 g/mol. The second-order valence-corrected chi connectivity index (χ2v) is 4.79. The summed E-state index contributed by atoms with van der Waals surface area (Å²) in [5.74, 6) is 0. The molecule has 4 heteroatoms. The van der Waals surface area contributed by atoms with Crippen molar-refractivity contribution in [3.63, 3.8) is 0 Å². The molecule has 0 bridgehead atoms. The van der Waals surface area contributed by atoms with Crippen LogP contribution in [0.5, 0.6) is 0 Å². The van der Waals surface area contributed by atoms with Gasteiger partial charge in [-0.1, -0.05) is 28.1 Å². The molecule has 0 spiro atoms. The molecule has 2 nitrogen and oxygen atoms in total. The monoisotopic (exact) mass is 287 g/mol. The number of nitrogens with one attached hydrogen (secondary N) is 1. The lowest BCUT2D eigenvalue weighted by Gasteiger charge is -2.09. The highest BCUT2D eigenvalue weighted by atomic mass is 79.9. The molecule has 1 heterocycles. The van der Waals surface area contributed by atoms with Crippen molar-refractivity contribution in [3.05, 3.63) is 29.3 Å². The zero-order valence-corrected chi connectivity index (χ0v) is 10.4. The zero-order chi connectivity index (χ0) is 10.8. The highest BCUT2D eigenvalue weighted by Crippen LogP contribution is 2.40. The number of aryl methyl sites for hydroxylation is 1. The summed E-state index contributed by atoms with van der Waals surface area (Å²) in [5, 5.41) is 3.78. The lowest BCUT2D eigenvalue weighted by Crippen LogP contribution is -2.18. The van der Waals surface area contributed by atoms with Crippen molar-refractivity contribution in [1.29, 1.82) is 0 Å². The molecule has 2 unspecified atom stereocenters. The quantitative estimate of drug-likeness (QED) is 0.684. The summed E-state index contributed by atoms with van der Waals surface area (Å²) in [6.45, 7) is 0. The smallest absolute Gasteiger partial charge is 0.144 e. The number of hydrogen-bond acceptors (Lipinski definition) is 2. The van der Waals surface area contributed by atoms with Crippen LogP contribution < -0.4 is 5.32 Å². The second-order valence-electron chi connectivity index (χ2n) is 3.53. The zero-order valence-electron chi connectivity index (χ0n) is 8.04. The van der Waals surface area contributed by atoms with E-state index < -0.39 is 0 Å². The van der Waals surface area contributed by atoms with E-state index in [4.69, 9.17) is 11.6 Å². The molecule has 15 heavy (non-hydrogen) atoms. The van der Waals surface area contributed by atoms with Crippen molar-refractivity contribution >= 4 is 39.5 Å². The number of hydrogen-bond donors (Lipinski definition) is 1. The number of benzene rings is 1. The summed E-state index contributed by atoms with van der Waals surface area (Å²) in [6, 6.07) is 5.72. The molecule has 0 amide bonds. The Labute approximate surface area is 102 Å². The van der Waals surface area contributed by atoms with Gasteiger partial charge in [0.25, 0.3) is 0 Å². The Morgan fingerprint density at radius 3 is 3.00 bits per heavy atom. The van der Waals surface area contributed by atoms with Gasteiger partial charge in [-0.3, -0.25) is 0 Å². The Kier molecular flexibility index (Phi) is 3.32. The fourth-order valence-electron chi connectivity index (χ4n) is 1.92. The van der Waals surface area contributed by atoms with Gasteiger partial charge in [0.05, 0.1) is 5.38 Å². The molecule has 1 aromatic carbocycles. The van der Waals surface area contributed by atoms with E-state index in [0.717, 1.165) is 29.3 Å². The third-order valence-electron chi connectivity index (χ3n) is 2.62. The van der Waals surface area contributed by atoms with Crippen LogP contribution in [-0.2, 0) is 11.2 Å². The molecule has 1 aromatic rings. The molecule has 0 saturated carbocycles. The highest BCUT2D eigenvalue weighted by Gasteiger charge is 2.31. The number of halogens is 2. The van der Waals surface area contributed by atoms with Crippen LogP contribution in [0, 0.1) is 0 Å². The molecule has 0 saturated heterocycles. The lowest BCUT2D eigenvalue weighted by molar-refractivity contribution is -0.108. The van der Waals surface area contributed by atoms with Crippen LogP contribution in [0.3, 0.4) is 0 Å². The van der Waals surface area contributed by atoms with Gasteiger partial charge in [0.1, 0.15) is 12.3 Å². The van der Waals surface area contributed by atoms with E-state index in [2.05, 4.69) is 27.3 Å². The van der Waals surface area contributed by atoms with Crippen LogP contribution in [0.1, 0.15) is 16.5 Å². The number of carbonyl (C=O) groups excluding carboxylic acids is 1. The fraction of sp³-hybridized carbons (Fsp3) is 0.364. The molecule has 0 aromatic heterocycles. The van der Waals surface area contributed by atoms with Crippen molar-refractivity contribution in [2.45, 2.75) is 17.8 Å². The van der Waals surface area contributed by atoms with Crippen LogP contribution >= 0.6 is 27.5 Å². The number of rotatable bonds is 3. The summed E-state index contributed by atoms with van der Waals surface area (Å²) in [4.78, 5) is 10.8. The SMILES string of the molecule is O=CC1Nc2cccc(CCBr)c2C1Cl. The van der Waals surface area contributed by atoms with Crippen molar-refractivity contribution in [2.24, 2.45) is 0 Å². The van der Waals surface area contributed by atoms with Crippen LogP contribution in [0.15, 0.2) is 18.2 Å². The van der Waals surface area contributed by atoms with E-state index in [0.29, 0.717) is 0 Å². The fourth-order valence-corrected chi connectivity index (χ4v) is 2.73. The third kappa shape index (κ3) is 1.91. The first-order valence-corrected chi connectivity index (χ1v) is 6.37. The molecular formula is C11H11BrClNO. The number of carbonyl (C=O) groups is 1. The molecule has 0 aliphatic carbocycles. The molecule has 0 radical (unpaired) electrons. The molecule has 80 valence electrons. The third-order valence-corrected chi connectivity index (χ3v) is 3.51. The van der Waals surface area contributed by atoms with Gasteiger partial charge in [0, 0.05) is 11.0 Å². The van der Waals surface area contributed by atoms with E-state index >= 15 is 0 Å². The average Bonchev–Trinajstić information content (AvgIpc) is 2.57. The minimum Gasteiger partial charge on any atom is -0.374 e. The standard InChI is InChI=1S/C11H11BrClNO/c12-5-4-7-2-1-3-8-10(7)11(13)9(6-15)14-8/h1-3,6,9,11,14H,4-5H2. The van der Waals surface area contributed by atoms with E-state index in [1.807, 2.05) is 12.1 Å². The lowest BCUT2D eigenvalue weighted by atomic mass is 10.0. The molecule has 1 aliphatic rings. The van der Waals surface area contributed by atoms with Gasteiger partial charge < -0.3 is 10.1 Å². The summed E-state index contributed by atoms with van der Waals surface area (Å²) < 4.78 is 0. The molecule has 1 N–H and O–H groups in total. The molecule has 2 rings (SSSR count). The van der Waals surface area contributed by atoms with Crippen LogP contribution in [-0.4, -0.2) is 17.7 Å². The van der Waals surface area contributed by atoms with Crippen molar-refractivity contribution in [2.75, 3.05) is 10.6 Å². The van der Waals surface area contributed by atoms with E-state index in [1.165, 1.54) is 5.56 Å². The Hall–Kier alpha value is -0.540. The maximum absolute atomic E-state index is 10.8. The topological polar surface area (TPSA) is 29.1 Å². The van der Waals surface area contributed by atoms with E-state index in [1.54, 1.807) is 0 Å².